The normalized spacial score (nSPS) is 10.5. The number of nitrogens with two attached hydrogens (primary N) is 1. The standard InChI is InChI=1S/C15H13BrFNO/c1-9-2-4-12(17)6-10(9)7-15(19)13-8-11(16)3-5-14(13)18/h2-6,8H,7,18H2,1H3. The zero-order valence-electron chi connectivity index (χ0n) is 10.4. The molecule has 2 nitrogen and oxygen atoms in total. The van der Waals surface area contributed by atoms with Crippen LogP contribution in [0.2, 0.25) is 0 Å². The van der Waals surface area contributed by atoms with Gasteiger partial charge in [-0.2, -0.15) is 0 Å². The highest BCUT2D eigenvalue weighted by atomic mass is 79.9. The van der Waals surface area contributed by atoms with Crippen LogP contribution in [0.3, 0.4) is 0 Å². The van der Waals surface area contributed by atoms with E-state index in [0.29, 0.717) is 16.8 Å². The van der Waals surface area contributed by atoms with Gasteiger partial charge >= 0.3 is 0 Å². The fourth-order valence-electron chi connectivity index (χ4n) is 1.87. The minimum Gasteiger partial charge on any atom is -0.398 e. The largest absolute Gasteiger partial charge is 0.398 e. The second-order valence-corrected chi connectivity index (χ2v) is 5.32. The van der Waals surface area contributed by atoms with Crippen LogP contribution in [0.1, 0.15) is 21.5 Å². The second kappa shape index (κ2) is 5.53. The van der Waals surface area contributed by atoms with Gasteiger partial charge in [0.2, 0.25) is 0 Å². The van der Waals surface area contributed by atoms with Crippen molar-refractivity contribution in [3.63, 3.8) is 0 Å². The molecule has 0 aliphatic heterocycles. The molecule has 0 aliphatic rings. The van der Waals surface area contributed by atoms with Gasteiger partial charge in [-0.3, -0.25) is 4.79 Å². The van der Waals surface area contributed by atoms with Crippen molar-refractivity contribution in [2.75, 3.05) is 5.73 Å². The van der Waals surface area contributed by atoms with Crippen molar-refractivity contribution in [2.45, 2.75) is 13.3 Å². The zero-order valence-corrected chi connectivity index (χ0v) is 12.0. The van der Waals surface area contributed by atoms with E-state index in [4.69, 9.17) is 5.73 Å². The summed E-state index contributed by atoms with van der Waals surface area (Å²) < 4.78 is 14.0. The topological polar surface area (TPSA) is 43.1 Å². The van der Waals surface area contributed by atoms with Crippen molar-refractivity contribution in [3.8, 4) is 0 Å². The first-order valence-corrected chi connectivity index (χ1v) is 6.60. The lowest BCUT2D eigenvalue weighted by atomic mass is 9.98. The summed E-state index contributed by atoms with van der Waals surface area (Å²) >= 11 is 3.31. The van der Waals surface area contributed by atoms with Crippen molar-refractivity contribution in [1.29, 1.82) is 0 Å². The van der Waals surface area contributed by atoms with Crippen molar-refractivity contribution < 1.29 is 9.18 Å². The van der Waals surface area contributed by atoms with E-state index in [9.17, 15) is 9.18 Å². The molecule has 19 heavy (non-hydrogen) atoms. The lowest BCUT2D eigenvalue weighted by Crippen LogP contribution is -2.08. The van der Waals surface area contributed by atoms with Crippen LogP contribution in [0, 0.1) is 12.7 Å². The predicted molar refractivity (Wildman–Crippen MR) is 77.7 cm³/mol. The Bertz CT molecular complexity index is 640. The Hall–Kier alpha value is -1.68. The molecule has 0 atom stereocenters. The number of ketones is 1. The van der Waals surface area contributed by atoms with Gasteiger partial charge in [0.1, 0.15) is 5.82 Å². The van der Waals surface area contributed by atoms with Gasteiger partial charge in [-0.05, 0) is 48.4 Å². The Labute approximate surface area is 119 Å². The van der Waals surface area contributed by atoms with Crippen LogP contribution in [0.5, 0.6) is 0 Å². The van der Waals surface area contributed by atoms with Gasteiger partial charge in [-0.15, -0.1) is 0 Å². The Morgan fingerprint density at radius 3 is 2.74 bits per heavy atom. The van der Waals surface area contributed by atoms with Crippen LogP contribution in [-0.2, 0) is 6.42 Å². The monoisotopic (exact) mass is 321 g/mol. The molecule has 0 amide bonds. The van der Waals surface area contributed by atoms with Gasteiger partial charge in [0.05, 0.1) is 0 Å². The molecular weight excluding hydrogens is 309 g/mol. The van der Waals surface area contributed by atoms with Gasteiger partial charge in [0.15, 0.2) is 5.78 Å². The molecule has 2 N–H and O–H groups in total. The molecule has 0 heterocycles. The third kappa shape index (κ3) is 3.20. The maximum Gasteiger partial charge on any atom is 0.169 e. The minimum atomic E-state index is -0.337. The van der Waals surface area contributed by atoms with Gasteiger partial charge < -0.3 is 5.73 Å². The SMILES string of the molecule is Cc1ccc(F)cc1CC(=O)c1cc(Br)ccc1N. The Morgan fingerprint density at radius 1 is 1.26 bits per heavy atom. The number of hydrogen-bond acceptors (Lipinski definition) is 2. The summed E-state index contributed by atoms with van der Waals surface area (Å²) in [5.41, 5.74) is 8.26. The van der Waals surface area contributed by atoms with E-state index in [1.165, 1.54) is 12.1 Å². The first-order chi connectivity index (χ1) is 8.97. The maximum absolute atomic E-state index is 13.2. The van der Waals surface area contributed by atoms with Crippen molar-refractivity contribution in [1.82, 2.24) is 0 Å². The highest BCUT2D eigenvalue weighted by molar-refractivity contribution is 9.10. The molecule has 0 aromatic heterocycles. The van der Waals surface area contributed by atoms with Crippen molar-refractivity contribution in [2.24, 2.45) is 0 Å². The summed E-state index contributed by atoms with van der Waals surface area (Å²) in [6.07, 6.45) is 0.143. The van der Waals surface area contributed by atoms with Gasteiger partial charge in [-0.1, -0.05) is 22.0 Å². The highest BCUT2D eigenvalue weighted by Crippen LogP contribution is 2.21. The lowest BCUT2D eigenvalue weighted by molar-refractivity contribution is 0.0993. The third-order valence-electron chi connectivity index (χ3n) is 2.98. The van der Waals surface area contributed by atoms with E-state index < -0.39 is 0 Å². The average molecular weight is 322 g/mol. The van der Waals surface area contributed by atoms with Gasteiger partial charge in [0.25, 0.3) is 0 Å². The predicted octanol–water partition coefficient (Wildman–Crippen LogP) is 3.90. The van der Waals surface area contributed by atoms with Crippen LogP contribution in [0.15, 0.2) is 40.9 Å². The number of hydrogen-bond donors (Lipinski definition) is 1. The first kappa shape index (κ1) is 13.7. The average Bonchev–Trinajstić information content (AvgIpc) is 2.36. The molecule has 0 radical (unpaired) electrons. The summed E-state index contributed by atoms with van der Waals surface area (Å²) in [5, 5.41) is 0. The summed E-state index contributed by atoms with van der Waals surface area (Å²) in [6.45, 7) is 1.85. The molecule has 98 valence electrons. The van der Waals surface area contributed by atoms with E-state index >= 15 is 0 Å². The lowest BCUT2D eigenvalue weighted by Gasteiger charge is -2.08. The van der Waals surface area contributed by atoms with Crippen molar-refractivity contribution in [3.05, 3.63) is 63.4 Å². The van der Waals surface area contributed by atoms with Crippen LogP contribution in [0.4, 0.5) is 10.1 Å². The Morgan fingerprint density at radius 2 is 2.00 bits per heavy atom. The Balaban J connectivity index is 2.30. The Kier molecular flexibility index (Phi) is 4.00. The second-order valence-electron chi connectivity index (χ2n) is 4.40. The molecule has 2 aromatic rings. The molecule has 0 saturated heterocycles. The number of halogens is 2. The number of nitrogen functional groups attached to an aromatic ring is 1. The molecule has 0 unspecified atom stereocenters. The number of rotatable bonds is 3. The van der Waals surface area contributed by atoms with E-state index in [1.807, 2.05) is 6.92 Å². The molecule has 0 aliphatic carbocycles. The van der Waals surface area contributed by atoms with Crippen LogP contribution in [-0.4, -0.2) is 5.78 Å². The molecule has 2 rings (SSSR count). The van der Waals surface area contributed by atoms with Crippen LogP contribution < -0.4 is 5.73 Å². The number of benzene rings is 2. The third-order valence-corrected chi connectivity index (χ3v) is 3.47. The van der Waals surface area contributed by atoms with E-state index in [0.717, 1.165) is 10.0 Å². The number of anilines is 1. The van der Waals surface area contributed by atoms with E-state index in [-0.39, 0.29) is 18.0 Å². The fraction of sp³-hybridized carbons (Fsp3) is 0.133. The molecule has 4 heteroatoms. The van der Waals surface area contributed by atoms with Crippen LogP contribution in [0.25, 0.3) is 0 Å². The molecule has 0 bridgehead atoms. The van der Waals surface area contributed by atoms with Gasteiger partial charge in [0, 0.05) is 22.1 Å². The van der Waals surface area contributed by atoms with Gasteiger partial charge in [-0.25, -0.2) is 4.39 Å². The molecule has 0 saturated carbocycles. The number of Topliss-reactive ketones (excluding diaryl/α,β-unsaturated/α-hetero) is 1. The highest BCUT2D eigenvalue weighted by Gasteiger charge is 2.13. The van der Waals surface area contributed by atoms with E-state index in [2.05, 4.69) is 15.9 Å². The summed E-state index contributed by atoms with van der Waals surface area (Å²) in [4.78, 5) is 12.2. The quantitative estimate of drug-likeness (QED) is 0.688. The summed E-state index contributed by atoms with van der Waals surface area (Å²) in [6, 6.07) is 9.59. The zero-order chi connectivity index (χ0) is 14.0. The molecule has 0 spiro atoms. The van der Waals surface area contributed by atoms with E-state index in [1.54, 1.807) is 24.3 Å². The fourth-order valence-corrected chi connectivity index (χ4v) is 2.23. The smallest absolute Gasteiger partial charge is 0.169 e. The van der Waals surface area contributed by atoms with Crippen molar-refractivity contribution >= 4 is 27.4 Å². The maximum atomic E-state index is 13.2. The number of carbonyl (C=O) groups is 1. The first-order valence-electron chi connectivity index (χ1n) is 5.80. The van der Waals surface area contributed by atoms with Crippen LogP contribution >= 0.6 is 15.9 Å². The molecular formula is C15H13BrFNO. The molecule has 2 aromatic carbocycles. The summed E-state index contributed by atoms with van der Waals surface area (Å²) in [5.74, 6) is -0.455. The molecule has 0 fully saturated rings. The summed E-state index contributed by atoms with van der Waals surface area (Å²) in [7, 11) is 0. The minimum absolute atomic E-state index is 0.118. The number of carbonyl (C=O) groups excluding carboxylic acids is 1. The number of aryl methyl sites for hydroxylation is 1.